The van der Waals surface area contributed by atoms with E-state index in [0.717, 1.165) is 16.8 Å². The smallest absolute Gasteiger partial charge is 0.315 e. The van der Waals surface area contributed by atoms with Crippen molar-refractivity contribution in [2.24, 2.45) is 7.05 Å². The number of imidazole rings is 1. The van der Waals surface area contributed by atoms with Gasteiger partial charge in [0.25, 0.3) is 5.56 Å². The van der Waals surface area contributed by atoms with Crippen LogP contribution in [0.5, 0.6) is 0 Å². The number of hydrogen-bond donors (Lipinski definition) is 0. The van der Waals surface area contributed by atoms with Crippen molar-refractivity contribution in [2.45, 2.75) is 6.18 Å². The number of nitrogens with zero attached hydrogens (tertiary/aromatic N) is 3. The Labute approximate surface area is 81.6 Å². The molecule has 0 saturated heterocycles. The van der Waals surface area contributed by atoms with Gasteiger partial charge in [0.05, 0.1) is 6.20 Å². The Bertz CT molecular complexity index is 566. The summed E-state index contributed by atoms with van der Waals surface area (Å²) in [6.45, 7) is 0. The topological polar surface area (TPSA) is 39.3 Å². The fourth-order valence-electron chi connectivity index (χ4n) is 1.29. The van der Waals surface area contributed by atoms with Gasteiger partial charge in [-0.15, -0.1) is 0 Å². The summed E-state index contributed by atoms with van der Waals surface area (Å²) in [5.74, 6) is -1.09. The highest BCUT2D eigenvalue weighted by atomic mass is 19.4. The number of rotatable bonds is 0. The third kappa shape index (κ3) is 1.39. The van der Waals surface area contributed by atoms with Gasteiger partial charge in [0.2, 0.25) is 5.82 Å². The van der Waals surface area contributed by atoms with Crippen LogP contribution in [-0.2, 0) is 13.2 Å². The van der Waals surface area contributed by atoms with E-state index in [2.05, 4.69) is 4.98 Å². The molecule has 0 aliphatic carbocycles. The van der Waals surface area contributed by atoms with Gasteiger partial charge in [-0.1, -0.05) is 0 Å². The van der Waals surface area contributed by atoms with Gasteiger partial charge in [0, 0.05) is 19.4 Å². The zero-order valence-corrected chi connectivity index (χ0v) is 7.62. The largest absolute Gasteiger partial charge is 0.450 e. The predicted octanol–water partition coefficient (Wildman–Crippen LogP) is 1.05. The highest BCUT2D eigenvalue weighted by molar-refractivity contribution is 5.43. The summed E-state index contributed by atoms with van der Waals surface area (Å²) < 4.78 is 39.1. The Kier molecular flexibility index (Phi) is 1.85. The molecule has 0 unspecified atom stereocenters. The van der Waals surface area contributed by atoms with Crippen LogP contribution >= 0.6 is 0 Å². The number of alkyl halides is 3. The van der Waals surface area contributed by atoms with Crippen molar-refractivity contribution in [3.05, 3.63) is 34.8 Å². The number of hydrogen-bond acceptors (Lipinski definition) is 2. The Morgan fingerprint density at radius 1 is 1.33 bits per heavy atom. The minimum absolute atomic E-state index is 0.0904. The van der Waals surface area contributed by atoms with E-state index in [1.54, 1.807) is 0 Å². The van der Waals surface area contributed by atoms with Gasteiger partial charge in [-0.25, -0.2) is 4.98 Å². The first-order valence-corrected chi connectivity index (χ1v) is 4.01. The zero-order valence-electron chi connectivity index (χ0n) is 7.62. The van der Waals surface area contributed by atoms with Gasteiger partial charge < -0.3 is 4.57 Å². The van der Waals surface area contributed by atoms with Crippen LogP contribution in [0, 0.1) is 0 Å². The SMILES string of the molecule is Cn1ccn2c(C(F)(F)F)ncc2c1=O. The summed E-state index contributed by atoms with van der Waals surface area (Å²) >= 11 is 0. The first kappa shape index (κ1) is 9.75. The quantitative estimate of drug-likeness (QED) is 0.661. The molecule has 0 radical (unpaired) electrons. The Hall–Kier alpha value is -1.79. The molecule has 0 N–H and O–H groups in total. The Balaban J connectivity index is 2.84. The summed E-state index contributed by atoms with van der Waals surface area (Å²) in [6.07, 6.45) is -1.22. The second kappa shape index (κ2) is 2.85. The van der Waals surface area contributed by atoms with Crippen LogP contribution in [0.3, 0.4) is 0 Å². The molecule has 0 aromatic carbocycles. The molecule has 2 aromatic heterocycles. The van der Waals surface area contributed by atoms with E-state index in [1.165, 1.54) is 17.8 Å². The molecular weight excluding hydrogens is 211 g/mol. The van der Waals surface area contributed by atoms with Gasteiger partial charge in [0.15, 0.2) is 0 Å². The maximum absolute atomic E-state index is 12.4. The maximum Gasteiger partial charge on any atom is 0.450 e. The van der Waals surface area contributed by atoms with Crippen LogP contribution in [-0.4, -0.2) is 14.0 Å². The minimum Gasteiger partial charge on any atom is -0.315 e. The second-order valence-corrected chi connectivity index (χ2v) is 3.05. The van der Waals surface area contributed by atoms with Gasteiger partial charge >= 0.3 is 6.18 Å². The minimum atomic E-state index is -4.56. The van der Waals surface area contributed by atoms with E-state index in [0.29, 0.717) is 0 Å². The number of aryl methyl sites for hydroxylation is 1. The molecule has 2 heterocycles. The monoisotopic (exact) mass is 217 g/mol. The number of aromatic nitrogens is 3. The standard InChI is InChI=1S/C8H6F3N3O/c1-13-2-3-14-5(6(13)15)4-12-7(14)8(9,10)11/h2-4H,1H3. The third-order valence-electron chi connectivity index (χ3n) is 2.03. The van der Waals surface area contributed by atoms with Crippen molar-refractivity contribution >= 4 is 5.52 Å². The van der Waals surface area contributed by atoms with Crippen molar-refractivity contribution < 1.29 is 13.2 Å². The van der Waals surface area contributed by atoms with E-state index in [9.17, 15) is 18.0 Å². The van der Waals surface area contributed by atoms with Gasteiger partial charge in [-0.3, -0.25) is 9.20 Å². The highest BCUT2D eigenvalue weighted by Crippen LogP contribution is 2.27. The summed E-state index contributed by atoms with van der Waals surface area (Å²) in [4.78, 5) is 14.6. The van der Waals surface area contributed by atoms with Crippen molar-refractivity contribution in [1.82, 2.24) is 14.0 Å². The molecule has 0 amide bonds. The van der Waals surface area contributed by atoms with E-state index < -0.39 is 17.6 Å². The lowest BCUT2D eigenvalue weighted by Gasteiger charge is -2.05. The van der Waals surface area contributed by atoms with Gasteiger partial charge in [-0.2, -0.15) is 13.2 Å². The average Bonchev–Trinajstić information content (AvgIpc) is 2.54. The normalized spacial score (nSPS) is 12.3. The molecule has 4 nitrogen and oxygen atoms in total. The fourth-order valence-corrected chi connectivity index (χ4v) is 1.29. The van der Waals surface area contributed by atoms with Gasteiger partial charge in [0.1, 0.15) is 5.52 Å². The summed E-state index contributed by atoms with van der Waals surface area (Å²) in [5.41, 5.74) is -0.604. The lowest BCUT2D eigenvalue weighted by Crippen LogP contribution is -2.19. The van der Waals surface area contributed by atoms with E-state index in [-0.39, 0.29) is 5.52 Å². The molecule has 0 bridgehead atoms. The molecule has 0 aliphatic heterocycles. The molecule has 7 heteroatoms. The molecule has 0 saturated carbocycles. The van der Waals surface area contributed by atoms with Crippen LogP contribution in [0.2, 0.25) is 0 Å². The Morgan fingerprint density at radius 2 is 2.00 bits per heavy atom. The lowest BCUT2D eigenvalue weighted by molar-refractivity contribution is -0.145. The average molecular weight is 217 g/mol. The van der Waals surface area contributed by atoms with Crippen LogP contribution < -0.4 is 5.56 Å². The highest BCUT2D eigenvalue weighted by Gasteiger charge is 2.36. The molecule has 80 valence electrons. The van der Waals surface area contributed by atoms with E-state index in [4.69, 9.17) is 0 Å². The van der Waals surface area contributed by atoms with E-state index in [1.807, 2.05) is 0 Å². The number of halogens is 3. The molecule has 15 heavy (non-hydrogen) atoms. The third-order valence-corrected chi connectivity index (χ3v) is 2.03. The van der Waals surface area contributed by atoms with Crippen LogP contribution in [0.25, 0.3) is 5.52 Å². The second-order valence-electron chi connectivity index (χ2n) is 3.05. The molecular formula is C8H6F3N3O. The summed E-state index contributed by atoms with van der Waals surface area (Å²) in [7, 11) is 1.46. The molecule has 2 aromatic rings. The molecule has 0 spiro atoms. The first-order valence-electron chi connectivity index (χ1n) is 4.01. The van der Waals surface area contributed by atoms with E-state index >= 15 is 0 Å². The Morgan fingerprint density at radius 3 is 2.60 bits per heavy atom. The maximum atomic E-state index is 12.4. The van der Waals surface area contributed by atoms with Crippen molar-refractivity contribution in [3.63, 3.8) is 0 Å². The van der Waals surface area contributed by atoms with Crippen LogP contribution in [0.4, 0.5) is 13.2 Å². The lowest BCUT2D eigenvalue weighted by atomic mass is 10.5. The first-order chi connectivity index (χ1) is 6.91. The molecule has 2 rings (SSSR count). The van der Waals surface area contributed by atoms with Crippen molar-refractivity contribution in [3.8, 4) is 0 Å². The fraction of sp³-hybridized carbons (Fsp3) is 0.250. The summed E-state index contributed by atoms with van der Waals surface area (Å²) in [6, 6.07) is 0. The van der Waals surface area contributed by atoms with Gasteiger partial charge in [-0.05, 0) is 0 Å². The molecule has 0 fully saturated rings. The number of fused-ring (bicyclic) bond motifs is 1. The van der Waals surface area contributed by atoms with Crippen molar-refractivity contribution in [2.75, 3.05) is 0 Å². The van der Waals surface area contributed by atoms with Crippen LogP contribution in [0.1, 0.15) is 5.82 Å². The molecule has 0 aliphatic rings. The van der Waals surface area contributed by atoms with Crippen LogP contribution in [0.15, 0.2) is 23.4 Å². The molecule has 0 atom stereocenters. The van der Waals surface area contributed by atoms with Crippen molar-refractivity contribution in [1.29, 1.82) is 0 Å². The predicted molar refractivity (Wildman–Crippen MR) is 45.4 cm³/mol. The summed E-state index contributed by atoms with van der Waals surface area (Å²) in [5, 5.41) is 0. The zero-order chi connectivity index (χ0) is 11.2.